The van der Waals surface area contributed by atoms with Crippen molar-refractivity contribution < 1.29 is 9.90 Å². The van der Waals surface area contributed by atoms with Gasteiger partial charge < -0.3 is 15.3 Å². The third kappa shape index (κ3) is 4.60. The van der Waals surface area contributed by atoms with Crippen molar-refractivity contribution in [3.63, 3.8) is 0 Å². The Morgan fingerprint density at radius 2 is 2.20 bits per heavy atom. The van der Waals surface area contributed by atoms with E-state index in [1.165, 1.54) is 5.56 Å². The van der Waals surface area contributed by atoms with E-state index in [-0.39, 0.29) is 24.6 Å². The fourth-order valence-corrected chi connectivity index (χ4v) is 3.22. The number of nitrogens with zero attached hydrogens (tertiary/aromatic N) is 3. The number of aromatic nitrogens is 2. The fourth-order valence-electron chi connectivity index (χ4n) is 3.22. The lowest BCUT2D eigenvalue weighted by Gasteiger charge is -2.32. The smallest absolute Gasteiger partial charge is 0.317 e. The van der Waals surface area contributed by atoms with Gasteiger partial charge in [0.05, 0.1) is 18.8 Å². The molecule has 1 aromatic carbocycles. The molecule has 25 heavy (non-hydrogen) atoms. The van der Waals surface area contributed by atoms with E-state index < -0.39 is 0 Å². The zero-order valence-corrected chi connectivity index (χ0v) is 14.6. The molecule has 2 heterocycles. The SMILES string of the molecule is C[C@@H](NC(=O)N1CCC[C@@H](CO)C1)c1cnn(Cc2ccccc2)c1. The first-order valence-electron chi connectivity index (χ1n) is 8.88. The summed E-state index contributed by atoms with van der Waals surface area (Å²) in [4.78, 5) is 14.2. The second-order valence-corrected chi connectivity index (χ2v) is 6.76. The number of carbonyl (C=O) groups excluding carboxylic acids is 1. The van der Waals surface area contributed by atoms with Gasteiger partial charge in [-0.15, -0.1) is 0 Å². The lowest BCUT2D eigenvalue weighted by Crippen LogP contribution is -2.46. The van der Waals surface area contributed by atoms with E-state index in [9.17, 15) is 9.90 Å². The second-order valence-electron chi connectivity index (χ2n) is 6.76. The number of hydrogen-bond acceptors (Lipinski definition) is 3. The van der Waals surface area contributed by atoms with Gasteiger partial charge in [-0.25, -0.2) is 4.79 Å². The van der Waals surface area contributed by atoms with Crippen LogP contribution in [0.25, 0.3) is 0 Å². The molecular weight excluding hydrogens is 316 g/mol. The maximum Gasteiger partial charge on any atom is 0.317 e. The van der Waals surface area contributed by atoms with Crippen LogP contribution in [0, 0.1) is 5.92 Å². The molecule has 2 aromatic rings. The second kappa shape index (κ2) is 8.16. The summed E-state index contributed by atoms with van der Waals surface area (Å²) in [5.74, 6) is 0.198. The van der Waals surface area contributed by atoms with Crippen LogP contribution in [0.2, 0.25) is 0 Å². The summed E-state index contributed by atoms with van der Waals surface area (Å²) in [5.41, 5.74) is 2.18. The fraction of sp³-hybridized carbons (Fsp3) is 0.474. The van der Waals surface area contributed by atoms with Gasteiger partial charge in [0, 0.05) is 31.5 Å². The number of benzene rings is 1. The van der Waals surface area contributed by atoms with Crippen LogP contribution < -0.4 is 5.32 Å². The van der Waals surface area contributed by atoms with Crippen LogP contribution in [0.4, 0.5) is 4.79 Å². The largest absolute Gasteiger partial charge is 0.396 e. The number of rotatable bonds is 5. The number of likely N-dealkylation sites (tertiary alicyclic amines) is 1. The van der Waals surface area contributed by atoms with Crippen molar-refractivity contribution in [1.82, 2.24) is 20.0 Å². The molecule has 2 atom stereocenters. The van der Waals surface area contributed by atoms with E-state index in [2.05, 4.69) is 22.5 Å². The van der Waals surface area contributed by atoms with Crippen molar-refractivity contribution >= 4 is 6.03 Å². The Hall–Kier alpha value is -2.34. The summed E-state index contributed by atoms with van der Waals surface area (Å²) in [6.45, 7) is 4.21. The minimum Gasteiger partial charge on any atom is -0.396 e. The predicted octanol–water partition coefficient (Wildman–Crippen LogP) is 2.41. The van der Waals surface area contributed by atoms with Gasteiger partial charge in [0.25, 0.3) is 0 Å². The van der Waals surface area contributed by atoms with Crippen molar-refractivity contribution in [1.29, 1.82) is 0 Å². The molecule has 1 aliphatic heterocycles. The molecule has 0 spiro atoms. The van der Waals surface area contributed by atoms with Gasteiger partial charge in [-0.3, -0.25) is 4.68 Å². The molecule has 0 bridgehead atoms. The van der Waals surface area contributed by atoms with Crippen molar-refractivity contribution in [3.8, 4) is 0 Å². The quantitative estimate of drug-likeness (QED) is 0.877. The first kappa shape index (κ1) is 17.5. The van der Waals surface area contributed by atoms with Gasteiger partial charge in [0.15, 0.2) is 0 Å². The minimum absolute atomic E-state index is 0.0681. The third-order valence-electron chi connectivity index (χ3n) is 4.74. The summed E-state index contributed by atoms with van der Waals surface area (Å²) in [6, 6.07) is 9.99. The number of carbonyl (C=O) groups is 1. The summed E-state index contributed by atoms with van der Waals surface area (Å²) in [6.07, 6.45) is 5.72. The number of amides is 2. The van der Waals surface area contributed by atoms with Gasteiger partial charge in [-0.05, 0) is 31.2 Å². The Labute approximate surface area is 148 Å². The molecular formula is C19H26N4O2. The average Bonchev–Trinajstić information content (AvgIpc) is 3.11. The first-order valence-corrected chi connectivity index (χ1v) is 8.88. The molecule has 2 N–H and O–H groups in total. The van der Waals surface area contributed by atoms with Crippen LogP contribution >= 0.6 is 0 Å². The normalized spacial score (nSPS) is 18.8. The summed E-state index contributed by atoms with van der Waals surface area (Å²) in [7, 11) is 0. The standard InChI is InChI=1S/C19H26N4O2/c1-15(21-19(25)22-9-5-8-17(11-22)14-24)18-10-20-23(13-18)12-16-6-3-2-4-7-16/h2-4,6-7,10,13,15,17,24H,5,8-9,11-12,14H2,1H3,(H,21,25)/t15-,17-/m1/s1. The van der Waals surface area contributed by atoms with Gasteiger partial charge in [0.2, 0.25) is 0 Å². The third-order valence-corrected chi connectivity index (χ3v) is 4.74. The molecule has 3 rings (SSSR count). The summed E-state index contributed by atoms with van der Waals surface area (Å²) >= 11 is 0. The van der Waals surface area contributed by atoms with Crippen molar-refractivity contribution in [2.75, 3.05) is 19.7 Å². The number of aliphatic hydroxyl groups excluding tert-OH is 1. The number of piperidine rings is 1. The Kier molecular flexibility index (Phi) is 5.71. The Balaban J connectivity index is 1.56. The molecule has 1 aromatic heterocycles. The van der Waals surface area contributed by atoms with Gasteiger partial charge >= 0.3 is 6.03 Å². The molecule has 1 aliphatic rings. The monoisotopic (exact) mass is 342 g/mol. The molecule has 0 saturated carbocycles. The van der Waals surface area contributed by atoms with E-state index in [4.69, 9.17) is 0 Å². The molecule has 1 saturated heterocycles. The molecule has 0 unspecified atom stereocenters. The Morgan fingerprint density at radius 1 is 1.40 bits per heavy atom. The highest BCUT2D eigenvalue weighted by molar-refractivity contribution is 5.74. The predicted molar refractivity (Wildman–Crippen MR) is 96.1 cm³/mol. The highest BCUT2D eigenvalue weighted by Crippen LogP contribution is 2.17. The van der Waals surface area contributed by atoms with Crippen LogP contribution in [0.3, 0.4) is 0 Å². The molecule has 6 heteroatoms. The van der Waals surface area contributed by atoms with E-state index in [1.807, 2.05) is 36.0 Å². The molecule has 134 valence electrons. The van der Waals surface area contributed by atoms with Crippen LogP contribution in [0.5, 0.6) is 0 Å². The van der Waals surface area contributed by atoms with Crippen molar-refractivity contribution in [2.45, 2.75) is 32.4 Å². The number of hydrogen-bond donors (Lipinski definition) is 2. The summed E-state index contributed by atoms with van der Waals surface area (Å²) < 4.78 is 1.88. The zero-order valence-electron chi connectivity index (χ0n) is 14.6. The van der Waals surface area contributed by atoms with Crippen LogP contribution in [0.1, 0.15) is 36.9 Å². The lowest BCUT2D eigenvalue weighted by molar-refractivity contribution is 0.128. The maximum atomic E-state index is 12.4. The van der Waals surface area contributed by atoms with Crippen LogP contribution in [0.15, 0.2) is 42.7 Å². The van der Waals surface area contributed by atoms with E-state index >= 15 is 0 Å². The number of nitrogens with one attached hydrogen (secondary N) is 1. The maximum absolute atomic E-state index is 12.4. The van der Waals surface area contributed by atoms with Crippen LogP contribution in [-0.2, 0) is 6.54 Å². The topological polar surface area (TPSA) is 70.4 Å². The average molecular weight is 342 g/mol. The minimum atomic E-state index is -0.105. The van der Waals surface area contributed by atoms with E-state index in [1.54, 1.807) is 11.1 Å². The Bertz CT molecular complexity index is 686. The molecule has 0 radical (unpaired) electrons. The van der Waals surface area contributed by atoms with Gasteiger partial charge in [-0.2, -0.15) is 5.10 Å². The van der Waals surface area contributed by atoms with Crippen LogP contribution in [-0.4, -0.2) is 45.5 Å². The van der Waals surface area contributed by atoms with E-state index in [0.717, 1.165) is 24.9 Å². The van der Waals surface area contributed by atoms with Gasteiger partial charge in [0.1, 0.15) is 0 Å². The Morgan fingerprint density at radius 3 is 2.96 bits per heavy atom. The van der Waals surface area contributed by atoms with Crippen molar-refractivity contribution in [2.24, 2.45) is 5.92 Å². The lowest BCUT2D eigenvalue weighted by atomic mass is 9.99. The molecule has 2 amide bonds. The van der Waals surface area contributed by atoms with Crippen molar-refractivity contribution in [3.05, 3.63) is 53.9 Å². The summed E-state index contributed by atoms with van der Waals surface area (Å²) in [5, 5.41) is 16.7. The first-order chi connectivity index (χ1) is 12.2. The molecule has 1 fully saturated rings. The zero-order chi connectivity index (χ0) is 17.6. The highest BCUT2D eigenvalue weighted by Gasteiger charge is 2.24. The number of aliphatic hydroxyl groups is 1. The molecule has 6 nitrogen and oxygen atoms in total. The highest BCUT2D eigenvalue weighted by atomic mass is 16.3. The van der Waals surface area contributed by atoms with Gasteiger partial charge in [-0.1, -0.05) is 30.3 Å². The van der Waals surface area contributed by atoms with E-state index in [0.29, 0.717) is 13.1 Å². The number of urea groups is 1. The molecule has 0 aliphatic carbocycles.